The molecule has 0 heterocycles. The highest BCUT2D eigenvalue weighted by molar-refractivity contribution is 7.89. The van der Waals surface area contributed by atoms with Crippen LogP contribution in [0.25, 0.3) is 0 Å². The van der Waals surface area contributed by atoms with Crippen LogP contribution in [0.2, 0.25) is 0 Å². The molecule has 0 bridgehead atoms. The maximum absolute atomic E-state index is 12.4. The Morgan fingerprint density at radius 2 is 1.65 bits per heavy atom. The zero-order valence-corrected chi connectivity index (χ0v) is 16.4. The van der Waals surface area contributed by atoms with E-state index in [9.17, 15) is 8.42 Å². The van der Waals surface area contributed by atoms with Gasteiger partial charge in [-0.2, -0.15) is 0 Å². The first-order chi connectivity index (χ1) is 12.4. The van der Waals surface area contributed by atoms with Gasteiger partial charge in [-0.1, -0.05) is 24.3 Å². The van der Waals surface area contributed by atoms with Crippen molar-refractivity contribution in [2.45, 2.75) is 36.9 Å². The van der Waals surface area contributed by atoms with Crippen LogP contribution >= 0.6 is 0 Å². The summed E-state index contributed by atoms with van der Waals surface area (Å²) in [6, 6.07) is 16.0. The molecule has 0 unspecified atom stereocenters. The summed E-state index contributed by atoms with van der Waals surface area (Å²) in [5.74, 6) is 0.855. The minimum Gasteiger partial charge on any atom is -0.497 e. The minimum atomic E-state index is -3.41. The van der Waals surface area contributed by atoms with Gasteiger partial charge in [-0.05, 0) is 48.2 Å². The molecule has 5 nitrogen and oxygen atoms in total. The van der Waals surface area contributed by atoms with E-state index >= 15 is 0 Å². The predicted octanol–water partition coefficient (Wildman–Crippen LogP) is 3.11. The molecule has 0 amide bonds. The molecular formula is C20H26N2O3S. The number of sulfonamides is 1. The van der Waals surface area contributed by atoms with Gasteiger partial charge in [0, 0.05) is 33.2 Å². The fraction of sp³-hybridized carbons (Fsp3) is 0.400. The van der Waals surface area contributed by atoms with E-state index < -0.39 is 10.0 Å². The summed E-state index contributed by atoms with van der Waals surface area (Å²) >= 11 is 0. The van der Waals surface area contributed by atoms with Crippen molar-refractivity contribution in [1.82, 2.24) is 9.21 Å². The van der Waals surface area contributed by atoms with Crippen molar-refractivity contribution < 1.29 is 13.2 Å². The first-order valence-electron chi connectivity index (χ1n) is 8.78. The molecule has 0 spiro atoms. The van der Waals surface area contributed by atoms with Crippen LogP contribution in [-0.2, 0) is 23.1 Å². The molecule has 0 radical (unpaired) electrons. The van der Waals surface area contributed by atoms with E-state index in [0.717, 1.165) is 24.4 Å². The smallest absolute Gasteiger partial charge is 0.242 e. The lowest BCUT2D eigenvalue weighted by atomic mass is 10.1. The standard InChI is InChI=1S/C20H26N2O3S/c1-21(2)26(23,24)20-6-4-5-17(13-20)15-22(18-9-10-18)14-16-7-11-19(25-3)12-8-16/h4-8,11-13,18H,9-10,14-15H2,1-3H3. The Kier molecular flexibility index (Phi) is 5.65. The third-order valence-corrected chi connectivity index (χ3v) is 6.48. The summed E-state index contributed by atoms with van der Waals surface area (Å²) < 4.78 is 31.2. The Hall–Kier alpha value is -1.89. The number of ether oxygens (including phenoxy) is 1. The van der Waals surface area contributed by atoms with Crippen LogP contribution < -0.4 is 4.74 Å². The zero-order valence-electron chi connectivity index (χ0n) is 15.6. The Balaban J connectivity index is 1.76. The summed E-state index contributed by atoms with van der Waals surface area (Å²) in [4.78, 5) is 2.77. The molecule has 0 saturated heterocycles. The maximum atomic E-state index is 12.4. The van der Waals surface area contributed by atoms with Crippen LogP contribution in [0.1, 0.15) is 24.0 Å². The Morgan fingerprint density at radius 1 is 1.00 bits per heavy atom. The van der Waals surface area contributed by atoms with Crippen molar-refractivity contribution in [3.8, 4) is 5.75 Å². The van der Waals surface area contributed by atoms with E-state index in [4.69, 9.17) is 4.74 Å². The lowest BCUT2D eigenvalue weighted by Crippen LogP contribution is -2.26. The molecule has 0 N–H and O–H groups in total. The Morgan fingerprint density at radius 3 is 2.23 bits per heavy atom. The minimum absolute atomic E-state index is 0.347. The molecule has 2 aromatic rings. The summed E-state index contributed by atoms with van der Waals surface area (Å²) in [7, 11) is 1.38. The van der Waals surface area contributed by atoms with E-state index in [1.54, 1.807) is 33.3 Å². The van der Waals surface area contributed by atoms with Crippen molar-refractivity contribution in [2.24, 2.45) is 0 Å². The summed E-state index contributed by atoms with van der Waals surface area (Å²) in [5, 5.41) is 0. The quantitative estimate of drug-likeness (QED) is 0.712. The Bertz CT molecular complexity index is 844. The molecule has 0 aromatic heterocycles. The normalized spacial score (nSPS) is 14.8. The SMILES string of the molecule is COc1ccc(CN(Cc2cccc(S(=O)(=O)N(C)C)c2)C2CC2)cc1. The first kappa shape index (κ1) is 18.9. The van der Waals surface area contributed by atoms with Crippen molar-refractivity contribution in [3.05, 3.63) is 59.7 Å². The zero-order chi connectivity index (χ0) is 18.7. The van der Waals surface area contributed by atoms with Gasteiger partial charge in [-0.3, -0.25) is 4.90 Å². The van der Waals surface area contributed by atoms with Gasteiger partial charge in [0.15, 0.2) is 0 Å². The molecule has 2 aromatic carbocycles. The summed E-state index contributed by atoms with van der Waals surface area (Å²) in [6.45, 7) is 1.59. The van der Waals surface area contributed by atoms with Crippen LogP contribution in [0, 0.1) is 0 Å². The second kappa shape index (κ2) is 7.78. The number of hydrogen-bond donors (Lipinski definition) is 0. The lowest BCUT2D eigenvalue weighted by Gasteiger charge is -2.23. The molecule has 1 aliphatic rings. The van der Waals surface area contributed by atoms with E-state index in [1.165, 1.54) is 22.7 Å². The molecule has 1 saturated carbocycles. The fourth-order valence-corrected chi connectivity index (χ4v) is 3.94. The van der Waals surface area contributed by atoms with Crippen LogP contribution in [0.5, 0.6) is 5.75 Å². The van der Waals surface area contributed by atoms with E-state index in [0.29, 0.717) is 10.9 Å². The highest BCUT2D eigenvalue weighted by Gasteiger charge is 2.29. The van der Waals surface area contributed by atoms with Crippen LogP contribution in [0.15, 0.2) is 53.4 Å². The molecule has 0 atom stereocenters. The number of nitrogens with zero attached hydrogens (tertiary/aromatic N) is 2. The van der Waals surface area contributed by atoms with Gasteiger partial charge in [0.1, 0.15) is 5.75 Å². The second-order valence-corrected chi connectivity index (χ2v) is 9.07. The van der Waals surface area contributed by atoms with Crippen LogP contribution in [-0.4, -0.2) is 44.9 Å². The van der Waals surface area contributed by atoms with Crippen molar-refractivity contribution in [1.29, 1.82) is 0 Å². The first-order valence-corrected chi connectivity index (χ1v) is 10.2. The lowest BCUT2D eigenvalue weighted by molar-refractivity contribution is 0.245. The molecule has 140 valence electrons. The van der Waals surface area contributed by atoms with E-state index in [1.807, 2.05) is 24.3 Å². The summed E-state index contributed by atoms with van der Waals surface area (Å²) in [5.41, 5.74) is 2.25. The van der Waals surface area contributed by atoms with Crippen molar-refractivity contribution >= 4 is 10.0 Å². The molecule has 3 rings (SSSR count). The predicted molar refractivity (Wildman–Crippen MR) is 103 cm³/mol. The number of hydrogen-bond acceptors (Lipinski definition) is 4. The number of benzene rings is 2. The van der Waals surface area contributed by atoms with Crippen molar-refractivity contribution in [2.75, 3.05) is 21.2 Å². The third-order valence-electron chi connectivity index (χ3n) is 4.67. The molecular weight excluding hydrogens is 348 g/mol. The number of methoxy groups -OCH3 is 1. The molecule has 1 aliphatic carbocycles. The van der Waals surface area contributed by atoms with Gasteiger partial charge in [0.2, 0.25) is 10.0 Å². The summed E-state index contributed by atoms with van der Waals surface area (Å²) in [6.07, 6.45) is 2.40. The van der Waals surface area contributed by atoms with Gasteiger partial charge in [0.05, 0.1) is 12.0 Å². The Labute approximate surface area is 156 Å². The number of rotatable bonds is 8. The molecule has 26 heavy (non-hydrogen) atoms. The van der Waals surface area contributed by atoms with Crippen LogP contribution in [0.3, 0.4) is 0 Å². The van der Waals surface area contributed by atoms with Gasteiger partial charge < -0.3 is 4.74 Å². The fourth-order valence-electron chi connectivity index (χ4n) is 2.97. The highest BCUT2D eigenvalue weighted by atomic mass is 32.2. The third kappa shape index (κ3) is 4.44. The van der Waals surface area contributed by atoms with Crippen LogP contribution in [0.4, 0.5) is 0 Å². The van der Waals surface area contributed by atoms with Gasteiger partial charge >= 0.3 is 0 Å². The largest absolute Gasteiger partial charge is 0.497 e. The van der Waals surface area contributed by atoms with Crippen molar-refractivity contribution in [3.63, 3.8) is 0 Å². The average Bonchev–Trinajstić information content (AvgIpc) is 3.47. The van der Waals surface area contributed by atoms with E-state index in [-0.39, 0.29) is 0 Å². The van der Waals surface area contributed by atoms with Gasteiger partial charge in [-0.15, -0.1) is 0 Å². The van der Waals surface area contributed by atoms with Gasteiger partial charge in [-0.25, -0.2) is 12.7 Å². The topological polar surface area (TPSA) is 49.9 Å². The van der Waals surface area contributed by atoms with Gasteiger partial charge in [0.25, 0.3) is 0 Å². The second-order valence-electron chi connectivity index (χ2n) is 6.92. The van der Waals surface area contributed by atoms with E-state index in [2.05, 4.69) is 17.0 Å². The molecule has 6 heteroatoms. The average molecular weight is 375 g/mol. The maximum Gasteiger partial charge on any atom is 0.242 e. The molecule has 1 fully saturated rings. The monoisotopic (exact) mass is 374 g/mol. The molecule has 0 aliphatic heterocycles. The highest BCUT2D eigenvalue weighted by Crippen LogP contribution is 2.30.